The van der Waals surface area contributed by atoms with Gasteiger partial charge in [0, 0.05) is 12.3 Å². The zero-order chi connectivity index (χ0) is 9.42. The molecule has 2 nitrogen and oxygen atoms in total. The summed E-state index contributed by atoms with van der Waals surface area (Å²) in [6.07, 6.45) is 1.62. The highest BCUT2D eigenvalue weighted by Gasteiger charge is 2.03. The average molecular weight is 241 g/mol. The van der Waals surface area contributed by atoms with Gasteiger partial charge in [-0.3, -0.25) is 4.98 Å². The van der Waals surface area contributed by atoms with Crippen LogP contribution < -0.4 is 0 Å². The quantitative estimate of drug-likeness (QED) is 0.708. The van der Waals surface area contributed by atoms with E-state index in [-0.39, 0.29) is 5.82 Å². The van der Waals surface area contributed by atoms with Crippen LogP contribution in [0, 0.1) is 12.7 Å². The minimum Gasteiger partial charge on any atom is -0.253 e. The van der Waals surface area contributed by atoms with E-state index in [1.54, 1.807) is 12.3 Å². The van der Waals surface area contributed by atoms with Gasteiger partial charge in [0.15, 0.2) is 0 Å². The van der Waals surface area contributed by atoms with Crippen LogP contribution in [0.1, 0.15) is 5.69 Å². The Bertz CT molecular complexity index is 470. The van der Waals surface area contributed by atoms with Gasteiger partial charge in [-0.1, -0.05) is 0 Å². The second-order valence-electron chi connectivity index (χ2n) is 2.77. The summed E-state index contributed by atoms with van der Waals surface area (Å²) in [7, 11) is 0. The topological polar surface area (TPSA) is 25.8 Å². The number of fused-ring (bicyclic) bond motifs is 1. The molecule has 0 atom stereocenters. The first-order valence-corrected chi connectivity index (χ1v) is 4.54. The summed E-state index contributed by atoms with van der Waals surface area (Å²) >= 11 is 3.10. The van der Waals surface area contributed by atoms with Crippen molar-refractivity contribution in [3.63, 3.8) is 0 Å². The Hall–Kier alpha value is -1.03. The first-order chi connectivity index (χ1) is 6.16. The van der Waals surface area contributed by atoms with E-state index in [0.717, 1.165) is 5.69 Å². The molecule has 13 heavy (non-hydrogen) atoms. The number of benzene rings is 1. The molecule has 2 aromatic rings. The van der Waals surface area contributed by atoms with E-state index in [0.29, 0.717) is 15.5 Å². The number of hydrogen-bond donors (Lipinski definition) is 0. The van der Waals surface area contributed by atoms with Crippen molar-refractivity contribution >= 4 is 27.0 Å². The number of aryl methyl sites for hydroxylation is 1. The summed E-state index contributed by atoms with van der Waals surface area (Å²) < 4.78 is 13.5. The molecule has 0 aliphatic carbocycles. The van der Waals surface area contributed by atoms with Gasteiger partial charge in [-0.2, -0.15) is 0 Å². The van der Waals surface area contributed by atoms with Crippen LogP contribution in [0.25, 0.3) is 11.0 Å². The van der Waals surface area contributed by atoms with Crippen LogP contribution in [-0.2, 0) is 0 Å². The molecule has 0 saturated heterocycles. The lowest BCUT2D eigenvalue weighted by atomic mass is 10.3. The summed E-state index contributed by atoms with van der Waals surface area (Å²) in [5.74, 6) is -0.314. The molecule has 66 valence electrons. The van der Waals surface area contributed by atoms with Crippen LogP contribution in [0.3, 0.4) is 0 Å². The van der Waals surface area contributed by atoms with Crippen molar-refractivity contribution in [2.45, 2.75) is 6.92 Å². The second-order valence-corrected chi connectivity index (χ2v) is 3.62. The lowest BCUT2D eigenvalue weighted by Gasteiger charge is -1.99. The minimum atomic E-state index is -0.314. The Labute approximate surface area is 83.0 Å². The van der Waals surface area contributed by atoms with Crippen molar-refractivity contribution < 1.29 is 4.39 Å². The zero-order valence-corrected chi connectivity index (χ0v) is 8.47. The highest BCUT2D eigenvalue weighted by Crippen LogP contribution is 2.20. The molecule has 1 heterocycles. The van der Waals surface area contributed by atoms with E-state index in [1.807, 2.05) is 6.92 Å². The van der Waals surface area contributed by atoms with Crippen molar-refractivity contribution in [3.05, 3.63) is 34.3 Å². The predicted molar refractivity (Wildman–Crippen MR) is 51.9 cm³/mol. The van der Waals surface area contributed by atoms with Gasteiger partial charge in [-0.25, -0.2) is 9.37 Å². The molecule has 0 aliphatic heterocycles. The van der Waals surface area contributed by atoms with Crippen LogP contribution in [-0.4, -0.2) is 9.97 Å². The normalized spacial score (nSPS) is 10.7. The zero-order valence-electron chi connectivity index (χ0n) is 6.88. The lowest BCUT2D eigenvalue weighted by Crippen LogP contribution is -1.88. The number of hydrogen-bond acceptors (Lipinski definition) is 2. The van der Waals surface area contributed by atoms with E-state index in [9.17, 15) is 4.39 Å². The molecule has 0 aliphatic rings. The summed E-state index contributed by atoms with van der Waals surface area (Å²) in [5.41, 5.74) is 2.10. The summed E-state index contributed by atoms with van der Waals surface area (Å²) in [4.78, 5) is 8.28. The van der Waals surface area contributed by atoms with Crippen molar-refractivity contribution in [1.29, 1.82) is 0 Å². The fourth-order valence-electron chi connectivity index (χ4n) is 1.10. The molecule has 0 bridgehead atoms. The highest BCUT2D eigenvalue weighted by molar-refractivity contribution is 9.10. The molecule has 0 N–H and O–H groups in total. The van der Waals surface area contributed by atoms with Crippen molar-refractivity contribution in [2.75, 3.05) is 0 Å². The molecule has 0 radical (unpaired) electrons. The number of halogens is 2. The van der Waals surface area contributed by atoms with E-state index >= 15 is 0 Å². The smallest absolute Gasteiger partial charge is 0.139 e. The van der Waals surface area contributed by atoms with Gasteiger partial charge in [0.05, 0.1) is 21.2 Å². The molecular weight excluding hydrogens is 235 g/mol. The van der Waals surface area contributed by atoms with Crippen LogP contribution in [0.5, 0.6) is 0 Å². The Kier molecular flexibility index (Phi) is 2.00. The SMILES string of the molecule is Cc1cnc2cc(F)c(Br)cc2n1. The lowest BCUT2D eigenvalue weighted by molar-refractivity contribution is 0.622. The third-order valence-corrected chi connectivity index (χ3v) is 2.31. The third-order valence-electron chi connectivity index (χ3n) is 1.70. The standard InChI is InChI=1S/C9H6BrFN2/c1-5-4-12-8-3-7(11)6(10)2-9(8)13-5/h2-4H,1H3. The molecule has 1 aromatic carbocycles. The first kappa shape index (κ1) is 8.56. The van der Waals surface area contributed by atoms with E-state index in [1.165, 1.54) is 6.07 Å². The fourth-order valence-corrected chi connectivity index (χ4v) is 1.43. The van der Waals surface area contributed by atoms with Gasteiger partial charge < -0.3 is 0 Å². The van der Waals surface area contributed by atoms with E-state index in [2.05, 4.69) is 25.9 Å². The van der Waals surface area contributed by atoms with Crippen molar-refractivity contribution in [1.82, 2.24) is 9.97 Å². The maximum atomic E-state index is 13.0. The molecule has 0 saturated carbocycles. The maximum absolute atomic E-state index is 13.0. The molecule has 0 fully saturated rings. The van der Waals surface area contributed by atoms with Gasteiger partial charge >= 0.3 is 0 Å². The van der Waals surface area contributed by atoms with Gasteiger partial charge in [0.25, 0.3) is 0 Å². The number of aromatic nitrogens is 2. The van der Waals surface area contributed by atoms with Crippen LogP contribution >= 0.6 is 15.9 Å². The molecule has 4 heteroatoms. The maximum Gasteiger partial charge on any atom is 0.139 e. The number of nitrogens with zero attached hydrogens (tertiary/aromatic N) is 2. The molecule has 1 aromatic heterocycles. The van der Waals surface area contributed by atoms with Gasteiger partial charge in [-0.15, -0.1) is 0 Å². The molecule has 0 unspecified atom stereocenters. The Balaban J connectivity index is 2.81. The highest BCUT2D eigenvalue weighted by atomic mass is 79.9. The fraction of sp³-hybridized carbons (Fsp3) is 0.111. The second kappa shape index (κ2) is 3.03. The van der Waals surface area contributed by atoms with E-state index < -0.39 is 0 Å². The van der Waals surface area contributed by atoms with Gasteiger partial charge in [0.1, 0.15) is 5.82 Å². The number of rotatable bonds is 0. The van der Waals surface area contributed by atoms with Crippen molar-refractivity contribution in [3.8, 4) is 0 Å². The van der Waals surface area contributed by atoms with Gasteiger partial charge in [-0.05, 0) is 28.9 Å². The van der Waals surface area contributed by atoms with E-state index in [4.69, 9.17) is 0 Å². The molecule has 0 spiro atoms. The Morgan fingerprint density at radius 1 is 1.31 bits per heavy atom. The average Bonchev–Trinajstić information content (AvgIpc) is 2.08. The molecular formula is C9H6BrFN2. The Morgan fingerprint density at radius 3 is 2.85 bits per heavy atom. The summed E-state index contributed by atoms with van der Waals surface area (Å²) in [6.45, 7) is 1.85. The third kappa shape index (κ3) is 1.54. The van der Waals surface area contributed by atoms with Crippen LogP contribution in [0.15, 0.2) is 22.8 Å². The van der Waals surface area contributed by atoms with Crippen LogP contribution in [0.4, 0.5) is 4.39 Å². The summed E-state index contributed by atoms with van der Waals surface area (Å²) in [6, 6.07) is 3.00. The predicted octanol–water partition coefficient (Wildman–Crippen LogP) is 2.84. The first-order valence-electron chi connectivity index (χ1n) is 3.75. The van der Waals surface area contributed by atoms with Gasteiger partial charge in [0.2, 0.25) is 0 Å². The molecule has 2 rings (SSSR count). The largest absolute Gasteiger partial charge is 0.253 e. The minimum absolute atomic E-state index is 0.314. The van der Waals surface area contributed by atoms with Crippen LogP contribution in [0.2, 0.25) is 0 Å². The van der Waals surface area contributed by atoms with Crippen molar-refractivity contribution in [2.24, 2.45) is 0 Å². The summed E-state index contributed by atoms with van der Waals surface area (Å²) in [5, 5.41) is 0. The molecule has 0 amide bonds. The Morgan fingerprint density at radius 2 is 2.08 bits per heavy atom. The monoisotopic (exact) mass is 240 g/mol.